The van der Waals surface area contributed by atoms with Gasteiger partial charge in [0.25, 0.3) is 0 Å². The third kappa shape index (κ3) is 3.07. The molecule has 1 aliphatic rings. The summed E-state index contributed by atoms with van der Waals surface area (Å²) >= 11 is 0. The second-order valence-electron chi connectivity index (χ2n) is 5.58. The van der Waals surface area contributed by atoms with Gasteiger partial charge in [-0.15, -0.1) is 0 Å². The minimum atomic E-state index is -0.537. The van der Waals surface area contributed by atoms with E-state index in [1.807, 2.05) is 25.1 Å². The van der Waals surface area contributed by atoms with E-state index in [4.69, 9.17) is 14.2 Å². The van der Waals surface area contributed by atoms with E-state index in [9.17, 15) is 4.79 Å². The molecule has 0 saturated heterocycles. The summed E-state index contributed by atoms with van der Waals surface area (Å²) < 4.78 is 17.8. The van der Waals surface area contributed by atoms with E-state index in [2.05, 4.69) is 20.8 Å². The second kappa shape index (κ2) is 7.42. The standard InChI is InChI=1S/C17H21N5O4/c1-5-25-12-8-7-11(9-13(12)24-4)15-14(16(23)26-6-2)10(3)18-17-19-20-21-22(15)17/h7-9,15H,5-6H2,1-4H3,(H,18,19,21)/t15-/m0/s1. The van der Waals surface area contributed by atoms with Gasteiger partial charge in [0.1, 0.15) is 6.04 Å². The molecule has 0 bridgehead atoms. The molecule has 0 unspecified atom stereocenters. The van der Waals surface area contributed by atoms with Crippen molar-refractivity contribution in [3.63, 3.8) is 0 Å². The zero-order valence-corrected chi connectivity index (χ0v) is 15.1. The minimum absolute atomic E-state index is 0.275. The molecule has 0 radical (unpaired) electrons. The molecule has 0 saturated carbocycles. The fraction of sp³-hybridized carbons (Fsp3) is 0.412. The maximum absolute atomic E-state index is 12.6. The Morgan fingerprint density at radius 3 is 2.77 bits per heavy atom. The van der Waals surface area contributed by atoms with Crippen LogP contribution in [0.1, 0.15) is 32.4 Å². The summed E-state index contributed by atoms with van der Waals surface area (Å²) in [5.74, 6) is 1.23. The van der Waals surface area contributed by atoms with Crippen molar-refractivity contribution < 1.29 is 19.0 Å². The number of aromatic nitrogens is 4. The van der Waals surface area contributed by atoms with Crippen LogP contribution < -0.4 is 14.8 Å². The molecule has 138 valence electrons. The van der Waals surface area contributed by atoms with Crippen molar-refractivity contribution in [2.75, 3.05) is 25.6 Å². The molecule has 1 N–H and O–H groups in total. The van der Waals surface area contributed by atoms with Gasteiger partial charge in [0.15, 0.2) is 11.5 Å². The lowest BCUT2D eigenvalue weighted by atomic mass is 9.95. The van der Waals surface area contributed by atoms with Gasteiger partial charge < -0.3 is 19.5 Å². The van der Waals surface area contributed by atoms with Crippen LogP contribution in [0.25, 0.3) is 0 Å². The number of carbonyl (C=O) groups excluding carboxylic acids is 1. The number of carbonyl (C=O) groups is 1. The summed E-state index contributed by atoms with van der Waals surface area (Å²) in [6.07, 6.45) is 0. The molecule has 9 nitrogen and oxygen atoms in total. The van der Waals surface area contributed by atoms with Gasteiger partial charge in [-0.1, -0.05) is 11.2 Å². The Morgan fingerprint density at radius 1 is 1.27 bits per heavy atom. The first-order valence-corrected chi connectivity index (χ1v) is 8.34. The zero-order valence-electron chi connectivity index (χ0n) is 15.1. The molecule has 0 fully saturated rings. The predicted octanol–water partition coefficient (Wildman–Crippen LogP) is 1.93. The molecule has 1 aliphatic heterocycles. The molecular formula is C17H21N5O4. The Kier molecular flexibility index (Phi) is 5.06. The summed E-state index contributed by atoms with van der Waals surface area (Å²) in [7, 11) is 1.57. The number of allylic oxidation sites excluding steroid dienone is 1. The summed E-state index contributed by atoms with van der Waals surface area (Å²) in [5, 5.41) is 14.7. The number of fused-ring (bicyclic) bond motifs is 1. The topological polar surface area (TPSA) is 100 Å². The number of nitrogens with zero attached hydrogens (tertiary/aromatic N) is 4. The van der Waals surface area contributed by atoms with Gasteiger partial charge in [0, 0.05) is 5.70 Å². The van der Waals surface area contributed by atoms with E-state index in [1.54, 1.807) is 25.6 Å². The SMILES string of the molecule is CCOC(=O)C1=C(C)Nc2nnnn2[C@H]1c1ccc(OCC)c(OC)c1. The summed E-state index contributed by atoms with van der Waals surface area (Å²) in [4.78, 5) is 12.6. The Bertz CT molecular complexity index is 845. The molecule has 26 heavy (non-hydrogen) atoms. The predicted molar refractivity (Wildman–Crippen MR) is 93.1 cm³/mol. The van der Waals surface area contributed by atoms with Crippen LogP contribution in [-0.2, 0) is 9.53 Å². The number of anilines is 1. The summed E-state index contributed by atoms with van der Waals surface area (Å²) in [6, 6.07) is 4.95. The third-order valence-corrected chi connectivity index (χ3v) is 4.01. The van der Waals surface area contributed by atoms with Crippen molar-refractivity contribution in [2.45, 2.75) is 26.8 Å². The molecule has 1 atom stereocenters. The van der Waals surface area contributed by atoms with Crippen molar-refractivity contribution in [3.8, 4) is 11.5 Å². The first kappa shape index (κ1) is 17.7. The van der Waals surface area contributed by atoms with Gasteiger partial charge in [0.05, 0.1) is 25.9 Å². The summed E-state index contributed by atoms with van der Waals surface area (Å²) in [5.41, 5.74) is 1.87. The van der Waals surface area contributed by atoms with Crippen LogP contribution in [0, 0.1) is 0 Å². The molecule has 9 heteroatoms. The van der Waals surface area contributed by atoms with E-state index in [-0.39, 0.29) is 6.61 Å². The van der Waals surface area contributed by atoms with E-state index in [0.717, 1.165) is 5.56 Å². The lowest BCUT2D eigenvalue weighted by molar-refractivity contribution is -0.139. The quantitative estimate of drug-likeness (QED) is 0.781. The van der Waals surface area contributed by atoms with Crippen LogP contribution in [0.3, 0.4) is 0 Å². The first-order chi connectivity index (χ1) is 12.6. The molecule has 0 aliphatic carbocycles. The minimum Gasteiger partial charge on any atom is -0.493 e. The van der Waals surface area contributed by atoms with Gasteiger partial charge in [0.2, 0.25) is 5.95 Å². The van der Waals surface area contributed by atoms with Crippen molar-refractivity contribution in [3.05, 3.63) is 35.0 Å². The number of methoxy groups -OCH3 is 1. The maximum Gasteiger partial charge on any atom is 0.338 e. The van der Waals surface area contributed by atoms with E-state index in [0.29, 0.717) is 35.3 Å². The highest BCUT2D eigenvalue weighted by atomic mass is 16.5. The highest BCUT2D eigenvalue weighted by Gasteiger charge is 2.35. The molecule has 1 aromatic heterocycles. The zero-order chi connectivity index (χ0) is 18.7. The fourth-order valence-electron chi connectivity index (χ4n) is 2.92. The first-order valence-electron chi connectivity index (χ1n) is 8.34. The average Bonchev–Trinajstić information content (AvgIpc) is 3.09. The highest BCUT2D eigenvalue weighted by Crippen LogP contribution is 2.38. The van der Waals surface area contributed by atoms with Gasteiger partial charge in [-0.05, 0) is 48.9 Å². The monoisotopic (exact) mass is 359 g/mol. The van der Waals surface area contributed by atoms with Crippen LogP contribution in [0.2, 0.25) is 0 Å². The van der Waals surface area contributed by atoms with Crippen LogP contribution in [0.4, 0.5) is 5.95 Å². The van der Waals surface area contributed by atoms with Crippen LogP contribution in [0.15, 0.2) is 29.5 Å². The van der Waals surface area contributed by atoms with Crippen LogP contribution >= 0.6 is 0 Å². The van der Waals surface area contributed by atoms with E-state index in [1.165, 1.54) is 0 Å². The Labute approximate surface area is 150 Å². The fourth-order valence-corrected chi connectivity index (χ4v) is 2.92. The molecule has 1 aromatic carbocycles. The number of esters is 1. The lowest BCUT2D eigenvalue weighted by Gasteiger charge is -2.27. The van der Waals surface area contributed by atoms with Crippen molar-refractivity contribution in [1.29, 1.82) is 0 Å². The van der Waals surface area contributed by atoms with Gasteiger partial charge >= 0.3 is 5.97 Å². The molecule has 0 amide bonds. The smallest absolute Gasteiger partial charge is 0.338 e. The second-order valence-corrected chi connectivity index (χ2v) is 5.58. The van der Waals surface area contributed by atoms with Gasteiger partial charge in [-0.25, -0.2) is 4.79 Å². The maximum atomic E-state index is 12.6. The average molecular weight is 359 g/mol. The number of tetrazole rings is 1. The normalized spacial score (nSPS) is 15.9. The number of benzene rings is 1. The molecular weight excluding hydrogens is 338 g/mol. The van der Waals surface area contributed by atoms with Crippen LogP contribution in [-0.4, -0.2) is 46.5 Å². The van der Waals surface area contributed by atoms with E-state index >= 15 is 0 Å². The van der Waals surface area contributed by atoms with Crippen molar-refractivity contribution in [2.24, 2.45) is 0 Å². The number of rotatable bonds is 6. The van der Waals surface area contributed by atoms with Crippen molar-refractivity contribution >= 4 is 11.9 Å². The van der Waals surface area contributed by atoms with Crippen LogP contribution in [0.5, 0.6) is 11.5 Å². The number of hydrogen-bond acceptors (Lipinski definition) is 8. The molecule has 3 rings (SSSR count). The van der Waals surface area contributed by atoms with Gasteiger partial charge in [-0.3, -0.25) is 0 Å². The third-order valence-electron chi connectivity index (χ3n) is 4.01. The Morgan fingerprint density at radius 2 is 2.08 bits per heavy atom. The summed E-state index contributed by atoms with van der Waals surface area (Å²) in [6.45, 7) is 6.26. The highest BCUT2D eigenvalue weighted by molar-refractivity contribution is 5.92. The molecule has 2 aromatic rings. The van der Waals surface area contributed by atoms with E-state index < -0.39 is 12.0 Å². The number of ether oxygens (including phenoxy) is 3. The Balaban J connectivity index is 2.12. The number of hydrogen-bond donors (Lipinski definition) is 1. The Hall–Kier alpha value is -3.10. The molecule has 2 heterocycles. The van der Waals surface area contributed by atoms with Gasteiger partial charge in [-0.2, -0.15) is 4.68 Å². The number of nitrogens with one attached hydrogen (secondary N) is 1. The largest absolute Gasteiger partial charge is 0.493 e. The molecule has 0 spiro atoms. The lowest BCUT2D eigenvalue weighted by Crippen LogP contribution is -2.29. The van der Waals surface area contributed by atoms with Crippen molar-refractivity contribution in [1.82, 2.24) is 20.2 Å².